The summed E-state index contributed by atoms with van der Waals surface area (Å²) in [6.45, 7) is 2.96. The van der Waals surface area contributed by atoms with Crippen LogP contribution in [0.1, 0.15) is 30.0 Å². The maximum absolute atomic E-state index is 6.30. The summed E-state index contributed by atoms with van der Waals surface area (Å²) in [7, 11) is 0. The summed E-state index contributed by atoms with van der Waals surface area (Å²) in [6, 6.07) is 8.07. The normalized spacial score (nSPS) is 19.3. The Hall–Kier alpha value is -1.98. The van der Waals surface area contributed by atoms with Crippen molar-refractivity contribution in [3.8, 4) is 0 Å². The number of nitrogens with one attached hydrogen (secondary N) is 1. The molecule has 0 amide bonds. The largest absolute Gasteiger partial charge is 0.298 e. The lowest BCUT2D eigenvalue weighted by atomic mass is 9.94. The number of aromatic amines is 1. The first kappa shape index (κ1) is 14.6. The number of halogens is 1. The molecule has 0 aliphatic carbocycles. The van der Waals surface area contributed by atoms with Gasteiger partial charge in [0.25, 0.3) is 0 Å². The van der Waals surface area contributed by atoms with Crippen LogP contribution in [0.15, 0.2) is 36.7 Å². The molecule has 1 fully saturated rings. The highest BCUT2D eigenvalue weighted by Gasteiger charge is 2.25. The van der Waals surface area contributed by atoms with E-state index in [9.17, 15) is 0 Å². The minimum atomic E-state index is 0.410. The van der Waals surface area contributed by atoms with E-state index in [4.69, 9.17) is 11.6 Å². The van der Waals surface area contributed by atoms with Crippen molar-refractivity contribution in [3.63, 3.8) is 0 Å². The Balaban J connectivity index is 1.54. The van der Waals surface area contributed by atoms with Crippen LogP contribution in [0.3, 0.4) is 0 Å². The highest BCUT2D eigenvalue weighted by Crippen LogP contribution is 2.30. The fourth-order valence-corrected chi connectivity index (χ4v) is 3.55. The Kier molecular flexibility index (Phi) is 3.97. The van der Waals surface area contributed by atoms with E-state index in [1.165, 1.54) is 5.56 Å². The third-order valence-electron chi connectivity index (χ3n) is 4.48. The van der Waals surface area contributed by atoms with Crippen LogP contribution >= 0.6 is 11.6 Å². The molecule has 1 N–H and O–H groups in total. The number of nitrogens with zero attached hydrogens (tertiary/aromatic N) is 4. The van der Waals surface area contributed by atoms with Crippen molar-refractivity contribution in [2.45, 2.75) is 25.3 Å². The second kappa shape index (κ2) is 6.26. The van der Waals surface area contributed by atoms with Crippen molar-refractivity contribution in [1.29, 1.82) is 0 Å². The number of aromatic nitrogens is 4. The maximum atomic E-state index is 6.30. The molecule has 118 valence electrons. The molecule has 5 nitrogen and oxygen atoms in total. The molecule has 23 heavy (non-hydrogen) atoms. The Morgan fingerprint density at radius 3 is 3.00 bits per heavy atom. The third kappa shape index (κ3) is 2.94. The first-order valence-electron chi connectivity index (χ1n) is 7.92. The summed E-state index contributed by atoms with van der Waals surface area (Å²) >= 11 is 6.30. The molecule has 3 heterocycles. The van der Waals surface area contributed by atoms with Gasteiger partial charge in [-0.2, -0.15) is 5.10 Å². The maximum Gasteiger partial charge on any atom is 0.199 e. The van der Waals surface area contributed by atoms with Crippen LogP contribution in [0.5, 0.6) is 0 Å². The first-order valence-corrected chi connectivity index (χ1v) is 8.30. The molecule has 6 heteroatoms. The molecule has 3 aromatic rings. The van der Waals surface area contributed by atoms with Gasteiger partial charge in [-0.25, -0.2) is 9.97 Å². The minimum Gasteiger partial charge on any atom is -0.298 e. The van der Waals surface area contributed by atoms with Gasteiger partial charge >= 0.3 is 0 Å². The van der Waals surface area contributed by atoms with Crippen molar-refractivity contribution in [3.05, 3.63) is 52.9 Å². The van der Waals surface area contributed by atoms with E-state index in [1.807, 2.05) is 18.2 Å². The van der Waals surface area contributed by atoms with Gasteiger partial charge in [0.15, 0.2) is 5.65 Å². The Morgan fingerprint density at radius 2 is 2.09 bits per heavy atom. The summed E-state index contributed by atoms with van der Waals surface area (Å²) in [6.07, 6.45) is 5.71. The molecular weight excluding hydrogens is 310 g/mol. The predicted molar refractivity (Wildman–Crippen MR) is 90.4 cm³/mol. The van der Waals surface area contributed by atoms with Gasteiger partial charge in [0.2, 0.25) is 0 Å². The van der Waals surface area contributed by atoms with Crippen molar-refractivity contribution >= 4 is 22.8 Å². The van der Waals surface area contributed by atoms with E-state index in [1.54, 1.807) is 12.4 Å². The first-order chi connectivity index (χ1) is 11.3. The van der Waals surface area contributed by atoms with Gasteiger partial charge in [-0.15, -0.1) is 0 Å². The number of piperidine rings is 1. The fourth-order valence-electron chi connectivity index (χ4n) is 3.36. The second-order valence-electron chi connectivity index (χ2n) is 6.03. The topological polar surface area (TPSA) is 57.7 Å². The molecule has 0 spiro atoms. The lowest BCUT2D eigenvalue weighted by Crippen LogP contribution is -2.34. The Labute approximate surface area is 139 Å². The number of fused-ring (bicyclic) bond motifs is 1. The van der Waals surface area contributed by atoms with Crippen LogP contribution in [0.4, 0.5) is 0 Å². The molecule has 1 atom stereocenters. The van der Waals surface area contributed by atoms with E-state index < -0.39 is 0 Å². The molecule has 1 aliphatic rings. The number of H-pyrrole nitrogens is 1. The van der Waals surface area contributed by atoms with Crippen LogP contribution < -0.4 is 0 Å². The minimum absolute atomic E-state index is 0.410. The average molecular weight is 328 g/mol. The average Bonchev–Trinajstić information content (AvgIpc) is 3.01. The molecule has 1 aromatic carbocycles. The van der Waals surface area contributed by atoms with Crippen LogP contribution in [0.25, 0.3) is 11.2 Å². The highest BCUT2D eigenvalue weighted by atomic mass is 35.5. The molecule has 2 aromatic heterocycles. The van der Waals surface area contributed by atoms with Gasteiger partial charge in [-0.3, -0.25) is 10.00 Å². The molecule has 1 unspecified atom stereocenters. The number of likely N-dealkylation sites (tertiary alicyclic amines) is 1. The van der Waals surface area contributed by atoms with E-state index in [2.05, 4.69) is 31.1 Å². The smallest absolute Gasteiger partial charge is 0.199 e. The van der Waals surface area contributed by atoms with Crippen LogP contribution in [-0.4, -0.2) is 38.2 Å². The number of benzene rings is 1. The van der Waals surface area contributed by atoms with Crippen LogP contribution in [0, 0.1) is 0 Å². The SMILES string of the molecule is Clc1ccccc1CN1CCCC(c2[nH]nc3nccnc23)C1. The monoisotopic (exact) mass is 327 g/mol. The zero-order chi connectivity index (χ0) is 15.6. The summed E-state index contributed by atoms with van der Waals surface area (Å²) in [5.41, 5.74) is 3.89. The van der Waals surface area contributed by atoms with Gasteiger partial charge < -0.3 is 0 Å². The number of hydrogen-bond acceptors (Lipinski definition) is 4. The summed E-state index contributed by atoms with van der Waals surface area (Å²) < 4.78 is 0. The van der Waals surface area contributed by atoms with Gasteiger partial charge in [-0.1, -0.05) is 29.8 Å². The van der Waals surface area contributed by atoms with E-state index in [-0.39, 0.29) is 0 Å². The second-order valence-corrected chi connectivity index (χ2v) is 6.44. The molecule has 1 aliphatic heterocycles. The number of hydrogen-bond donors (Lipinski definition) is 1. The van der Waals surface area contributed by atoms with Crippen molar-refractivity contribution in [1.82, 2.24) is 25.1 Å². The molecule has 0 bridgehead atoms. The standard InChI is InChI=1S/C17H18ClN5/c18-14-6-2-1-4-12(14)10-23-9-3-5-13(11-23)15-16-17(22-21-15)20-8-7-19-16/h1-2,4,6-8,13H,3,5,9-11H2,(H,20,21,22). The van der Waals surface area contributed by atoms with E-state index >= 15 is 0 Å². The van der Waals surface area contributed by atoms with Gasteiger partial charge in [0.05, 0.1) is 5.69 Å². The molecule has 4 rings (SSSR count). The summed E-state index contributed by atoms with van der Waals surface area (Å²) in [5, 5.41) is 8.27. The molecule has 1 saturated heterocycles. The van der Waals surface area contributed by atoms with Crippen molar-refractivity contribution in [2.75, 3.05) is 13.1 Å². The lowest BCUT2D eigenvalue weighted by Gasteiger charge is -2.32. The van der Waals surface area contributed by atoms with Crippen molar-refractivity contribution in [2.24, 2.45) is 0 Å². The Bertz CT molecular complexity index is 815. The van der Waals surface area contributed by atoms with Gasteiger partial charge in [0, 0.05) is 36.4 Å². The molecule has 0 radical (unpaired) electrons. The Morgan fingerprint density at radius 1 is 1.22 bits per heavy atom. The van der Waals surface area contributed by atoms with Gasteiger partial charge in [-0.05, 0) is 31.0 Å². The number of rotatable bonds is 3. The van der Waals surface area contributed by atoms with Crippen LogP contribution in [0.2, 0.25) is 5.02 Å². The van der Waals surface area contributed by atoms with Gasteiger partial charge in [0.1, 0.15) is 5.52 Å². The lowest BCUT2D eigenvalue weighted by molar-refractivity contribution is 0.199. The quantitative estimate of drug-likeness (QED) is 0.801. The predicted octanol–water partition coefficient (Wildman–Crippen LogP) is 3.39. The van der Waals surface area contributed by atoms with Crippen molar-refractivity contribution < 1.29 is 0 Å². The molecular formula is C17H18ClN5. The zero-order valence-electron chi connectivity index (χ0n) is 12.7. The summed E-state index contributed by atoms with van der Waals surface area (Å²) in [4.78, 5) is 11.2. The van der Waals surface area contributed by atoms with E-state index in [0.29, 0.717) is 11.6 Å². The zero-order valence-corrected chi connectivity index (χ0v) is 13.5. The fraction of sp³-hybridized carbons (Fsp3) is 0.353. The molecule has 0 saturated carbocycles. The third-order valence-corrected chi connectivity index (χ3v) is 4.85. The summed E-state index contributed by atoms with van der Waals surface area (Å²) in [5.74, 6) is 0.410. The van der Waals surface area contributed by atoms with E-state index in [0.717, 1.165) is 48.7 Å². The highest BCUT2D eigenvalue weighted by molar-refractivity contribution is 6.31. The van der Waals surface area contributed by atoms with Crippen LogP contribution in [-0.2, 0) is 6.54 Å².